The predicted octanol–water partition coefficient (Wildman–Crippen LogP) is 0.0748. The van der Waals surface area contributed by atoms with Gasteiger partial charge in [-0.05, 0) is 20.0 Å². The second-order valence-electron chi connectivity index (χ2n) is 2.49. The molecule has 0 atom stereocenters. The maximum absolute atomic E-state index is 5.48. The third-order valence-corrected chi connectivity index (χ3v) is 1.47. The maximum Gasteiger partial charge on any atom is 0.0719 e. The summed E-state index contributed by atoms with van der Waals surface area (Å²) in [4.78, 5) is 0. The Hall–Kier alpha value is -1.03. The fourth-order valence-electron chi connectivity index (χ4n) is 0.920. The highest BCUT2D eigenvalue weighted by atomic mass is 15.3. The van der Waals surface area contributed by atoms with Crippen molar-refractivity contribution in [1.29, 1.82) is 0 Å². The first-order chi connectivity index (χ1) is 5.33. The molecule has 0 aliphatic rings. The lowest BCUT2D eigenvalue weighted by atomic mass is 10.4. The van der Waals surface area contributed by atoms with Crippen LogP contribution in [0.2, 0.25) is 0 Å². The van der Waals surface area contributed by atoms with Crippen LogP contribution >= 0.6 is 0 Å². The van der Waals surface area contributed by atoms with Gasteiger partial charge in [0, 0.05) is 12.7 Å². The average molecular weight is 154 g/mol. The van der Waals surface area contributed by atoms with Crippen molar-refractivity contribution in [2.75, 3.05) is 19.3 Å². The minimum Gasteiger partial charge on any atom is -0.396 e. The molecule has 0 spiro atoms. The first kappa shape index (κ1) is 8.07. The molecule has 0 saturated heterocycles. The topological polar surface area (TPSA) is 55.9 Å². The molecule has 0 amide bonds. The van der Waals surface area contributed by atoms with E-state index in [1.807, 2.05) is 17.9 Å². The average Bonchev–Trinajstić information content (AvgIpc) is 2.37. The van der Waals surface area contributed by atoms with Gasteiger partial charge < -0.3 is 11.1 Å². The Bertz CT molecular complexity index is 206. The molecule has 0 bridgehead atoms. The first-order valence-corrected chi connectivity index (χ1v) is 3.75. The molecule has 62 valence electrons. The zero-order valence-electron chi connectivity index (χ0n) is 6.75. The molecule has 0 aliphatic heterocycles. The van der Waals surface area contributed by atoms with Gasteiger partial charge in [-0.3, -0.25) is 4.68 Å². The number of nitrogens with two attached hydrogens (primary N) is 1. The summed E-state index contributed by atoms with van der Waals surface area (Å²) >= 11 is 0. The summed E-state index contributed by atoms with van der Waals surface area (Å²) in [6.07, 6.45) is 4.59. The largest absolute Gasteiger partial charge is 0.396 e. The quantitative estimate of drug-likeness (QED) is 0.604. The molecule has 0 saturated carbocycles. The summed E-state index contributed by atoms with van der Waals surface area (Å²) in [6.45, 7) is 1.94. The van der Waals surface area contributed by atoms with E-state index in [0.29, 0.717) is 0 Å². The van der Waals surface area contributed by atoms with Gasteiger partial charge in [-0.25, -0.2) is 0 Å². The highest BCUT2D eigenvalue weighted by molar-refractivity contribution is 5.30. The molecule has 1 rings (SSSR count). The van der Waals surface area contributed by atoms with Gasteiger partial charge in [-0.1, -0.05) is 0 Å². The lowest BCUT2D eigenvalue weighted by molar-refractivity contribution is 0.562. The summed E-state index contributed by atoms with van der Waals surface area (Å²) in [5.74, 6) is 0. The predicted molar refractivity (Wildman–Crippen MR) is 45.2 cm³/mol. The van der Waals surface area contributed by atoms with E-state index in [2.05, 4.69) is 10.4 Å². The van der Waals surface area contributed by atoms with Gasteiger partial charge in [0.2, 0.25) is 0 Å². The van der Waals surface area contributed by atoms with Crippen molar-refractivity contribution in [3.05, 3.63) is 12.4 Å². The molecule has 1 aromatic rings. The summed E-state index contributed by atoms with van der Waals surface area (Å²) < 4.78 is 1.85. The van der Waals surface area contributed by atoms with Crippen LogP contribution in [0.15, 0.2) is 12.4 Å². The summed E-state index contributed by atoms with van der Waals surface area (Å²) in [6, 6.07) is 0. The van der Waals surface area contributed by atoms with Crippen LogP contribution < -0.4 is 11.1 Å². The molecule has 1 aromatic heterocycles. The van der Waals surface area contributed by atoms with Crippen molar-refractivity contribution in [3.63, 3.8) is 0 Å². The molecular formula is C7H14N4. The van der Waals surface area contributed by atoms with Crippen molar-refractivity contribution in [1.82, 2.24) is 15.1 Å². The first-order valence-electron chi connectivity index (χ1n) is 3.75. The molecule has 0 fully saturated rings. The molecule has 0 aromatic carbocycles. The number of nitrogens with zero attached hydrogens (tertiary/aromatic N) is 2. The molecule has 4 nitrogen and oxygen atoms in total. The van der Waals surface area contributed by atoms with Crippen LogP contribution in [0.4, 0.5) is 5.69 Å². The third kappa shape index (κ3) is 2.59. The Morgan fingerprint density at radius 3 is 3.09 bits per heavy atom. The summed E-state index contributed by atoms with van der Waals surface area (Å²) in [5.41, 5.74) is 6.21. The molecule has 4 heteroatoms. The maximum atomic E-state index is 5.48. The lowest BCUT2D eigenvalue weighted by Gasteiger charge is -1.99. The number of nitrogens with one attached hydrogen (secondary N) is 1. The fourth-order valence-corrected chi connectivity index (χ4v) is 0.920. The monoisotopic (exact) mass is 154 g/mol. The summed E-state index contributed by atoms with van der Waals surface area (Å²) in [7, 11) is 1.94. The number of rotatable bonds is 4. The van der Waals surface area contributed by atoms with E-state index in [9.17, 15) is 0 Å². The van der Waals surface area contributed by atoms with Crippen molar-refractivity contribution >= 4 is 5.69 Å². The van der Waals surface area contributed by atoms with Gasteiger partial charge >= 0.3 is 0 Å². The van der Waals surface area contributed by atoms with E-state index in [1.165, 1.54) is 0 Å². The molecular weight excluding hydrogens is 140 g/mol. The molecule has 11 heavy (non-hydrogen) atoms. The zero-order chi connectivity index (χ0) is 8.10. The Balaban J connectivity index is 2.27. The van der Waals surface area contributed by atoms with E-state index >= 15 is 0 Å². The minimum absolute atomic E-state index is 0.731. The van der Waals surface area contributed by atoms with Crippen LogP contribution in [-0.4, -0.2) is 23.4 Å². The van der Waals surface area contributed by atoms with Gasteiger partial charge in [0.25, 0.3) is 0 Å². The second-order valence-corrected chi connectivity index (χ2v) is 2.49. The van der Waals surface area contributed by atoms with Crippen LogP contribution in [0.25, 0.3) is 0 Å². The molecule has 1 heterocycles. The SMILES string of the molecule is CNCCCn1cc(N)cn1. The number of hydrogen-bond donors (Lipinski definition) is 2. The van der Waals surface area contributed by atoms with E-state index in [4.69, 9.17) is 5.73 Å². The van der Waals surface area contributed by atoms with Gasteiger partial charge in [0.05, 0.1) is 11.9 Å². The molecule has 3 N–H and O–H groups in total. The number of aryl methyl sites for hydroxylation is 1. The van der Waals surface area contributed by atoms with Gasteiger partial charge in [0.1, 0.15) is 0 Å². The van der Waals surface area contributed by atoms with Crippen LogP contribution in [0.5, 0.6) is 0 Å². The molecule has 0 radical (unpaired) electrons. The smallest absolute Gasteiger partial charge is 0.0719 e. The van der Waals surface area contributed by atoms with Crippen LogP contribution in [-0.2, 0) is 6.54 Å². The second kappa shape index (κ2) is 3.98. The van der Waals surface area contributed by atoms with Crippen LogP contribution in [0, 0.1) is 0 Å². The van der Waals surface area contributed by atoms with Crippen molar-refractivity contribution in [3.8, 4) is 0 Å². The Morgan fingerprint density at radius 1 is 1.73 bits per heavy atom. The molecule has 0 unspecified atom stereocenters. The Labute approximate surface area is 66.4 Å². The van der Waals surface area contributed by atoms with E-state index in [-0.39, 0.29) is 0 Å². The lowest BCUT2D eigenvalue weighted by Crippen LogP contribution is -2.11. The van der Waals surface area contributed by atoms with E-state index < -0.39 is 0 Å². The van der Waals surface area contributed by atoms with Crippen LogP contribution in [0.3, 0.4) is 0 Å². The number of nitrogen functional groups attached to an aromatic ring is 1. The van der Waals surface area contributed by atoms with Crippen molar-refractivity contribution < 1.29 is 0 Å². The fraction of sp³-hybridized carbons (Fsp3) is 0.571. The highest BCUT2D eigenvalue weighted by Gasteiger charge is 1.92. The van der Waals surface area contributed by atoms with E-state index in [1.54, 1.807) is 6.20 Å². The Morgan fingerprint density at radius 2 is 2.55 bits per heavy atom. The highest BCUT2D eigenvalue weighted by Crippen LogP contribution is 1.97. The third-order valence-electron chi connectivity index (χ3n) is 1.47. The summed E-state index contributed by atoms with van der Waals surface area (Å²) in [5, 5.41) is 7.12. The normalized spacial score (nSPS) is 10.3. The van der Waals surface area contributed by atoms with Crippen molar-refractivity contribution in [2.45, 2.75) is 13.0 Å². The van der Waals surface area contributed by atoms with Crippen molar-refractivity contribution in [2.24, 2.45) is 0 Å². The van der Waals surface area contributed by atoms with E-state index in [0.717, 1.165) is 25.2 Å². The van der Waals surface area contributed by atoms with Crippen LogP contribution in [0.1, 0.15) is 6.42 Å². The standard InChI is InChI=1S/C7H14N4/c1-9-3-2-4-11-6-7(8)5-10-11/h5-6,9H,2-4,8H2,1H3. The number of hydrogen-bond acceptors (Lipinski definition) is 3. The number of aromatic nitrogens is 2. The Kier molecular flexibility index (Phi) is 2.92. The van der Waals surface area contributed by atoms with Gasteiger partial charge in [-0.15, -0.1) is 0 Å². The molecule has 0 aliphatic carbocycles. The minimum atomic E-state index is 0.731. The zero-order valence-corrected chi connectivity index (χ0v) is 6.75. The van der Waals surface area contributed by atoms with Gasteiger partial charge in [0.15, 0.2) is 0 Å². The number of anilines is 1. The van der Waals surface area contributed by atoms with Gasteiger partial charge in [-0.2, -0.15) is 5.10 Å².